The van der Waals surface area contributed by atoms with E-state index >= 15 is 0 Å². The van der Waals surface area contributed by atoms with E-state index in [1.165, 1.54) is 24.3 Å². The highest BCUT2D eigenvalue weighted by molar-refractivity contribution is 6.09. The molecular formula is C28H35FN4O3. The van der Waals surface area contributed by atoms with Crippen molar-refractivity contribution in [3.8, 4) is 0 Å². The Morgan fingerprint density at radius 3 is 2.42 bits per heavy atom. The van der Waals surface area contributed by atoms with Crippen molar-refractivity contribution in [1.82, 2.24) is 20.5 Å². The van der Waals surface area contributed by atoms with Crippen LogP contribution in [0.1, 0.15) is 79.5 Å². The number of nitrogens with one attached hydrogen (secondary N) is 2. The Bertz CT molecular complexity index is 1080. The Balaban J connectivity index is 1.56. The number of hydrogen-bond donors (Lipinski definition) is 2. The van der Waals surface area contributed by atoms with Crippen LogP contribution in [0.4, 0.5) is 4.39 Å². The molecule has 1 saturated heterocycles. The van der Waals surface area contributed by atoms with Crippen molar-refractivity contribution in [2.24, 2.45) is 5.92 Å². The van der Waals surface area contributed by atoms with Gasteiger partial charge in [0.1, 0.15) is 11.9 Å². The van der Waals surface area contributed by atoms with E-state index in [2.05, 4.69) is 15.6 Å². The number of halogens is 1. The predicted octanol–water partition coefficient (Wildman–Crippen LogP) is 3.79. The van der Waals surface area contributed by atoms with Gasteiger partial charge < -0.3 is 15.5 Å². The van der Waals surface area contributed by atoms with Gasteiger partial charge in [-0.05, 0) is 82.0 Å². The van der Waals surface area contributed by atoms with E-state index in [1.807, 2.05) is 4.90 Å². The number of pyridine rings is 1. The first kappa shape index (κ1) is 25.9. The van der Waals surface area contributed by atoms with E-state index in [-0.39, 0.29) is 29.6 Å². The summed E-state index contributed by atoms with van der Waals surface area (Å²) in [6, 6.07) is 7.61. The molecule has 2 heterocycles. The molecule has 8 heteroatoms. The smallest absolute Gasteiger partial charge is 0.246 e. The van der Waals surface area contributed by atoms with Crippen LogP contribution in [-0.2, 0) is 9.59 Å². The lowest BCUT2D eigenvalue weighted by molar-refractivity contribution is -0.139. The Morgan fingerprint density at radius 1 is 1.00 bits per heavy atom. The monoisotopic (exact) mass is 494 g/mol. The summed E-state index contributed by atoms with van der Waals surface area (Å²) in [4.78, 5) is 46.0. The van der Waals surface area contributed by atoms with Gasteiger partial charge in [-0.15, -0.1) is 0 Å². The van der Waals surface area contributed by atoms with E-state index in [0.717, 1.165) is 44.9 Å². The Morgan fingerprint density at radius 2 is 1.72 bits per heavy atom. The molecule has 2 aromatic rings. The van der Waals surface area contributed by atoms with Gasteiger partial charge in [0, 0.05) is 23.9 Å². The second-order valence-corrected chi connectivity index (χ2v) is 9.89. The number of amides is 2. The van der Waals surface area contributed by atoms with Gasteiger partial charge in [-0.3, -0.25) is 19.4 Å². The van der Waals surface area contributed by atoms with E-state index < -0.39 is 17.9 Å². The van der Waals surface area contributed by atoms with Gasteiger partial charge in [-0.25, -0.2) is 4.39 Å². The Labute approximate surface area is 211 Å². The largest absolute Gasteiger partial charge is 0.343 e. The number of ketones is 1. The summed E-state index contributed by atoms with van der Waals surface area (Å²) < 4.78 is 13.3. The van der Waals surface area contributed by atoms with Crippen molar-refractivity contribution >= 4 is 17.6 Å². The molecule has 1 aliphatic carbocycles. The number of likely N-dealkylation sites (tertiary alicyclic amines) is 1. The molecule has 2 N–H and O–H groups in total. The molecule has 0 bridgehead atoms. The van der Waals surface area contributed by atoms with Crippen LogP contribution in [0, 0.1) is 11.7 Å². The SMILES string of the molecule is CNC(C)C(=O)N[C@H](C(=O)N1CCCC1c1cc(C(=O)c2ccc(F)cc2)ccn1)C1CCCCC1. The number of aromatic nitrogens is 1. The highest BCUT2D eigenvalue weighted by atomic mass is 19.1. The molecule has 3 atom stereocenters. The van der Waals surface area contributed by atoms with Crippen molar-refractivity contribution < 1.29 is 18.8 Å². The molecule has 0 radical (unpaired) electrons. The second-order valence-electron chi connectivity index (χ2n) is 9.89. The molecular weight excluding hydrogens is 459 g/mol. The Hall–Kier alpha value is -3.13. The van der Waals surface area contributed by atoms with Gasteiger partial charge in [0.15, 0.2) is 5.78 Å². The number of benzene rings is 1. The van der Waals surface area contributed by atoms with Crippen LogP contribution in [0.2, 0.25) is 0 Å². The molecule has 192 valence electrons. The van der Waals surface area contributed by atoms with Gasteiger partial charge in [0.2, 0.25) is 11.8 Å². The third-order valence-electron chi connectivity index (χ3n) is 7.54. The lowest BCUT2D eigenvalue weighted by Crippen LogP contribution is -2.55. The number of nitrogens with zero attached hydrogens (tertiary/aromatic N) is 2. The fraction of sp³-hybridized carbons (Fsp3) is 0.500. The number of carbonyl (C=O) groups excluding carboxylic acids is 3. The van der Waals surface area contributed by atoms with Gasteiger partial charge in [0.25, 0.3) is 0 Å². The maximum Gasteiger partial charge on any atom is 0.246 e. The van der Waals surface area contributed by atoms with Gasteiger partial charge in [0.05, 0.1) is 17.8 Å². The van der Waals surface area contributed by atoms with Crippen LogP contribution in [0.3, 0.4) is 0 Å². The lowest BCUT2D eigenvalue weighted by atomic mass is 9.83. The van der Waals surface area contributed by atoms with Crippen LogP contribution >= 0.6 is 0 Å². The maximum absolute atomic E-state index is 13.9. The highest BCUT2D eigenvalue weighted by Gasteiger charge is 2.39. The molecule has 36 heavy (non-hydrogen) atoms. The third kappa shape index (κ3) is 5.81. The molecule has 0 spiro atoms. The van der Waals surface area contributed by atoms with Crippen molar-refractivity contribution in [1.29, 1.82) is 0 Å². The van der Waals surface area contributed by atoms with Gasteiger partial charge in [-0.2, -0.15) is 0 Å². The minimum absolute atomic E-state index is 0.0712. The molecule has 1 aromatic heterocycles. The first-order chi connectivity index (χ1) is 17.4. The fourth-order valence-corrected chi connectivity index (χ4v) is 5.31. The first-order valence-electron chi connectivity index (χ1n) is 12.9. The zero-order valence-corrected chi connectivity index (χ0v) is 21.0. The molecule has 2 aliphatic rings. The summed E-state index contributed by atoms with van der Waals surface area (Å²) in [5, 5.41) is 5.99. The van der Waals surface area contributed by atoms with E-state index in [4.69, 9.17) is 0 Å². The average molecular weight is 495 g/mol. The molecule has 1 saturated carbocycles. The lowest BCUT2D eigenvalue weighted by Gasteiger charge is -2.35. The van der Waals surface area contributed by atoms with E-state index in [9.17, 15) is 18.8 Å². The summed E-state index contributed by atoms with van der Waals surface area (Å²) >= 11 is 0. The third-order valence-corrected chi connectivity index (χ3v) is 7.54. The van der Waals surface area contributed by atoms with Crippen LogP contribution in [-0.4, -0.2) is 53.2 Å². The molecule has 7 nitrogen and oxygen atoms in total. The standard InChI is InChI=1S/C28H35FN4O3/c1-18(30-2)27(35)32-25(19-7-4-3-5-8-19)28(36)33-16-6-9-24(33)23-17-21(14-15-31-23)26(34)20-10-12-22(29)13-11-20/h10-15,17-19,24-25,30H,3-9,16H2,1-2H3,(H,32,35)/t18?,24?,25-/m0/s1. The predicted molar refractivity (Wildman–Crippen MR) is 135 cm³/mol. The van der Waals surface area contributed by atoms with Crippen LogP contribution in [0.25, 0.3) is 0 Å². The van der Waals surface area contributed by atoms with Crippen LogP contribution in [0.5, 0.6) is 0 Å². The summed E-state index contributed by atoms with van der Waals surface area (Å²) in [7, 11) is 1.73. The Kier molecular flexibility index (Phi) is 8.46. The minimum atomic E-state index is -0.571. The highest BCUT2D eigenvalue weighted by Crippen LogP contribution is 2.34. The maximum atomic E-state index is 13.9. The van der Waals surface area contributed by atoms with Crippen molar-refractivity contribution in [2.75, 3.05) is 13.6 Å². The molecule has 2 fully saturated rings. The summed E-state index contributed by atoms with van der Waals surface area (Å²) in [5.41, 5.74) is 1.50. The summed E-state index contributed by atoms with van der Waals surface area (Å²) in [6.07, 6.45) is 8.27. The zero-order valence-electron chi connectivity index (χ0n) is 21.0. The summed E-state index contributed by atoms with van der Waals surface area (Å²) in [6.45, 7) is 2.37. The summed E-state index contributed by atoms with van der Waals surface area (Å²) in [5.74, 6) is -0.756. The van der Waals surface area contributed by atoms with E-state index in [1.54, 1.807) is 32.3 Å². The normalized spacial score (nSPS) is 20.1. The molecule has 4 rings (SSSR count). The molecule has 1 aliphatic heterocycles. The van der Waals surface area contributed by atoms with Crippen molar-refractivity contribution in [3.63, 3.8) is 0 Å². The molecule has 2 amide bonds. The number of carbonyl (C=O) groups is 3. The first-order valence-corrected chi connectivity index (χ1v) is 12.9. The average Bonchev–Trinajstić information content (AvgIpc) is 3.41. The number of hydrogen-bond acceptors (Lipinski definition) is 5. The van der Waals surface area contributed by atoms with Crippen molar-refractivity contribution in [2.45, 2.75) is 70.0 Å². The topological polar surface area (TPSA) is 91.4 Å². The van der Waals surface area contributed by atoms with Crippen LogP contribution < -0.4 is 10.6 Å². The van der Waals surface area contributed by atoms with E-state index in [0.29, 0.717) is 23.4 Å². The van der Waals surface area contributed by atoms with Gasteiger partial charge in [-0.1, -0.05) is 19.3 Å². The van der Waals surface area contributed by atoms with Gasteiger partial charge >= 0.3 is 0 Å². The number of likely N-dealkylation sites (N-methyl/N-ethyl adjacent to an activating group) is 1. The fourth-order valence-electron chi connectivity index (χ4n) is 5.31. The second kappa shape index (κ2) is 11.7. The molecule has 2 unspecified atom stereocenters. The zero-order chi connectivity index (χ0) is 25.7. The molecule has 1 aromatic carbocycles. The van der Waals surface area contributed by atoms with Crippen molar-refractivity contribution in [3.05, 3.63) is 65.2 Å². The van der Waals surface area contributed by atoms with Crippen LogP contribution in [0.15, 0.2) is 42.6 Å². The number of rotatable bonds is 8. The minimum Gasteiger partial charge on any atom is -0.343 e. The quantitative estimate of drug-likeness (QED) is 0.545.